The zero-order valence-electron chi connectivity index (χ0n) is 10.9. The van der Waals surface area contributed by atoms with E-state index in [4.69, 9.17) is 4.74 Å². The molecule has 0 unspecified atom stereocenters. The Labute approximate surface area is 103 Å². The van der Waals surface area contributed by atoms with Gasteiger partial charge in [0.05, 0.1) is 6.10 Å². The highest BCUT2D eigenvalue weighted by molar-refractivity contribution is 4.97. The van der Waals surface area contributed by atoms with Gasteiger partial charge in [-0.2, -0.15) is 5.10 Å². The molecule has 2 heterocycles. The summed E-state index contributed by atoms with van der Waals surface area (Å²) in [6.45, 7) is 3.02. The van der Waals surface area contributed by atoms with Gasteiger partial charge in [-0.05, 0) is 26.6 Å². The van der Waals surface area contributed by atoms with Crippen molar-refractivity contribution in [2.75, 3.05) is 34.3 Å². The molecule has 0 aliphatic carbocycles. The summed E-state index contributed by atoms with van der Waals surface area (Å²) in [5.41, 5.74) is 1.16. The lowest BCUT2D eigenvalue weighted by Gasteiger charge is -2.24. The minimum atomic E-state index is 0.394. The van der Waals surface area contributed by atoms with Crippen molar-refractivity contribution in [3.8, 4) is 0 Å². The van der Waals surface area contributed by atoms with Crippen LogP contribution in [0.25, 0.3) is 0 Å². The Morgan fingerprint density at radius 2 is 2.47 bits per heavy atom. The molecule has 1 aromatic rings. The fourth-order valence-corrected chi connectivity index (χ4v) is 2.50. The zero-order chi connectivity index (χ0) is 12.3. The topological polar surface area (TPSA) is 44.4 Å². The van der Waals surface area contributed by atoms with E-state index < -0.39 is 0 Å². The number of hydrogen-bond acceptors (Lipinski definition) is 4. The first-order valence-electron chi connectivity index (χ1n) is 6.09. The molecule has 0 aromatic carbocycles. The maximum absolute atomic E-state index is 5.42. The fourth-order valence-electron chi connectivity index (χ4n) is 2.50. The van der Waals surface area contributed by atoms with Crippen molar-refractivity contribution in [3.63, 3.8) is 0 Å². The van der Waals surface area contributed by atoms with E-state index in [9.17, 15) is 0 Å². The average Bonchev–Trinajstić information content (AvgIpc) is 2.89. The number of nitrogens with zero attached hydrogens (tertiary/aromatic N) is 3. The van der Waals surface area contributed by atoms with E-state index in [-0.39, 0.29) is 0 Å². The predicted octanol–water partition coefficient (Wildman–Crippen LogP) is 0.561. The molecular formula is C12H22N4O. The first-order chi connectivity index (χ1) is 8.19. The highest BCUT2D eigenvalue weighted by atomic mass is 16.5. The predicted molar refractivity (Wildman–Crippen MR) is 66.8 cm³/mol. The third-order valence-electron chi connectivity index (χ3n) is 3.50. The van der Waals surface area contributed by atoms with E-state index in [0.29, 0.717) is 12.1 Å². The van der Waals surface area contributed by atoms with Crippen LogP contribution in [0.2, 0.25) is 0 Å². The summed E-state index contributed by atoms with van der Waals surface area (Å²) in [5, 5.41) is 6.96. The van der Waals surface area contributed by atoms with Gasteiger partial charge in [-0.1, -0.05) is 0 Å². The van der Waals surface area contributed by atoms with Gasteiger partial charge >= 0.3 is 0 Å². The molecule has 1 aliphatic heterocycles. The summed E-state index contributed by atoms with van der Waals surface area (Å²) in [4.78, 5) is 4.71. The molecule has 1 aromatic heterocycles. The molecule has 1 saturated heterocycles. The minimum Gasteiger partial charge on any atom is -0.380 e. The minimum absolute atomic E-state index is 0.394. The Bertz CT molecular complexity index is 327. The zero-order valence-corrected chi connectivity index (χ0v) is 10.9. The fraction of sp³-hybridized carbons (Fsp3) is 0.750. The molecule has 2 rings (SSSR count). The van der Waals surface area contributed by atoms with E-state index in [0.717, 1.165) is 31.7 Å². The highest BCUT2D eigenvalue weighted by Gasteiger charge is 2.29. The number of nitrogens with one attached hydrogen (secondary N) is 1. The molecule has 1 fully saturated rings. The van der Waals surface area contributed by atoms with Gasteiger partial charge in [0.2, 0.25) is 0 Å². The van der Waals surface area contributed by atoms with Crippen molar-refractivity contribution in [2.24, 2.45) is 0 Å². The first kappa shape index (κ1) is 12.5. The molecule has 0 saturated carbocycles. The summed E-state index contributed by atoms with van der Waals surface area (Å²) < 4.78 is 5.42. The van der Waals surface area contributed by atoms with Crippen LogP contribution in [0.1, 0.15) is 12.1 Å². The number of likely N-dealkylation sites (N-methyl/N-ethyl adjacent to an activating group) is 2. The van der Waals surface area contributed by atoms with Gasteiger partial charge in [0.15, 0.2) is 0 Å². The van der Waals surface area contributed by atoms with E-state index in [1.54, 1.807) is 13.3 Å². The summed E-state index contributed by atoms with van der Waals surface area (Å²) in [6, 6.07) is 2.61. The quantitative estimate of drug-likeness (QED) is 0.814. The van der Waals surface area contributed by atoms with E-state index in [1.165, 1.54) is 0 Å². The molecule has 17 heavy (non-hydrogen) atoms. The Morgan fingerprint density at radius 1 is 1.65 bits per heavy atom. The third kappa shape index (κ3) is 3.28. The van der Waals surface area contributed by atoms with E-state index in [2.05, 4.69) is 34.1 Å². The van der Waals surface area contributed by atoms with Gasteiger partial charge in [0, 0.05) is 44.7 Å². The molecule has 0 spiro atoms. The highest BCUT2D eigenvalue weighted by Crippen LogP contribution is 2.18. The number of aromatic nitrogens is 2. The maximum Gasteiger partial charge on any atom is 0.0713 e. The molecule has 0 bridgehead atoms. The van der Waals surface area contributed by atoms with Gasteiger partial charge in [-0.25, -0.2) is 0 Å². The lowest BCUT2D eigenvalue weighted by molar-refractivity contribution is 0.111. The van der Waals surface area contributed by atoms with Gasteiger partial charge in [-0.3, -0.25) is 14.9 Å². The second kappa shape index (κ2) is 5.62. The SMILES string of the molecule is CO[C@H]1C[C@@H](CN(C)Cc2ccn[nH]2)N(C)C1. The van der Waals surface area contributed by atoms with Crippen molar-refractivity contribution in [2.45, 2.75) is 25.1 Å². The number of rotatable bonds is 5. The van der Waals surface area contributed by atoms with Crippen molar-refractivity contribution in [1.82, 2.24) is 20.0 Å². The average molecular weight is 238 g/mol. The molecule has 2 atom stereocenters. The van der Waals surface area contributed by atoms with Gasteiger partial charge < -0.3 is 4.74 Å². The lowest BCUT2D eigenvalue weighted by Crippen LogP contribution is -2.36. The molecule has 5 nitrogen and oxygen atoms in total. The number of likely N-dealkylation sites (tertiary alicyclic amines) is 1. The third-order valence-corrected chi connectivity index (χ3v) is 3.50. The van der Waals surface area contributed by atoms with Crippen molar-refractivity contribution < 1.29 is 4.74 Å². The smallest absolute Gasteiger partial charge is 0.0713 e. The molecule has 1 N–H and O–H groups in total. The van der Waals surface area contributed by atoms with Gasteiger partial charge in [0.25, 0.3) is 0 Å². The summed E-state index contributed by atoms with van der Waals surface area (Å²) in [6.07, 6.45) is 3.32. The second-order valence-electron chi connectivity index (χ2n) is 4.97. The molecule has 0 radical (unpaired) electrons. The Hall–Kier alpha value is -0.910. The largest absolute Gasteiger partial charge is 0.380 e. The number of hydrogen-bond donors (Lipinski definition) is 1. The Morgan fingerprint density at radius 3 is 3.06 bits per heavy atom. The van der Waals surface area contributed by atoms with E-state index in [1.807, 2.05) is 6.07 Å². The van der Waals surface area contributed by atoms with Crippen LogP contribution in [0, 0.1) is 0 Å². The standard InChI is InChI=1S/C12H22N4O/c1-15(7-10-4-5-13-14-10)8-11-6-12(17-3)9-16(11)2/h4-5,11-12H,6-9H2,1-3H3,(H,13,14)/t11-,12-/m0/s1. The summed E-state index contributed by atoms with van der Waals surface area (Å²) in [7, 11) is 6.12. The number of aromatic amines is 1. The number of methoxy groups -OCH3 is 1. The van der Waals surface area contributed by atoms with Crippen LogP contribution >= 0.6 is 0 Å². The van der Waals surface area contributed by atoms with Gasteiger partial charge in [-0.15, -0.1) is 0 Å². The Balaban J connectivity index is 1.80. The van der Waals surface area contributed by atoms with Gasteiger partial charge in [0.1, 0.15) is 0 Å². The number of ether oxygens (including phenoxy) is 1. The van der Waals surface area contributed by atoms with Crippen molar-refractivity contribution >= 4 is 0 Å². The van der Waals surface area contributed by atoms with Crippen LogP contribution < -0.4 is 0 Å². The Kier molecular flexibility index (Phi) is 4.15. The van der Waals surface area contributed by atoms with Crippen LogP contribution in [0.15, 0.2) is 12.3 Å². The molecule has 5 heteroatoms. The monoisotopic (exact) mass is 238 g/mol. The van der Waals surface area contributed by atoms with Crippen molar-refractivity contribution in [1.29, 1.82) is 0 Å². The molecule has 1 aliphatic rings. The van der Waals surface area contributed by atoms with Crippen LogP contribution in [-0.4, -0.2) is 66.4 Å². The maximum atomic E-state index is 5.42. The molecule has 96 valence electrons. The first-order valence-corrected chi connectivity index (χ1v) is 6.09. The van der Waals surface area contributed by atoms with Crippen LogP contribution in [0.3, 0.4) is 0 Å². The molecular weight excluding hydrogens is 216 g/mol. The summed E-state index contributed by atoms with van der Waals surface area (Å²) >= 11 is 0. The summed E-state index contributed by atoms with van der Waals surface area (Å²) in [5.74, 6) is 0. The van der Waals surface area contributed by atoms with E-state index >= 15 is 0 Å². The number of H-pyrrole nitrogens is 1. The van der Waals surface area contributed by atoms with Crippen LogP contribution in [-0.2, 0) is 11.3 Å². The second-order valence-corrected chi connectivity index (χ2v) is 4.97. The van der Waals surface area contributed by atoms with Crippen LogP contribution in [0.4, 0.5) is 0 Å². The normalized spacial score (nSPS) is 25.9. The van der Waals surface area contributed by atoms with Crippen molar-refractivity contribution in [3.05, 3.63) is 18.0 Å². The van der Waals surface area contributed by atoms with Crippen LogP contribution in [0.5, 0.6) is 0 Å². The lowest BCUT2D eigenvalue weighted by atomic mass is 10.2. The molecule has 0 amide bonds.